The minimum absolute atomic E-state index is 0. The first-order chi connectivity index (χ1) is 3.13. The summed E-state index contributed by atoms with van der Waals surface area (Å²) in [5, 5.41) is 3.31. The quantitative estimate of drug-likeness (QED) is 0.360. The normalized spacial score (nSPS) is 8.67. The maximum Gasteiger partial charge on any atom is 1.00 e. The van der Waals surface area contributed by atoms with E-state index in [0.29, 0.717) is 12.1 Å². The number of nitrogens with one attached hydrogen (secondary N) is 1. The molecule has 3 heteroatoms. The zero-order valence-corrected chi connectivity index (χ0v) is 7.65. The van der Waals surface area contributed by atoms with E-state index in [0.717, 1.165) is 0 Å². The van der Waals surface area contributed by atoms with E-state index in [1.807, 2.05) is 0 Å². The fourth-order valence-corrected chi connectivity index (χ4v) is 0.667. The summed E-state index contributed by atoms with van der Waals surface area (Å²) in [7, 11) is 0. The van der Waals surface area contributed by atoms with Crippen molar-refractivity contribution in [1.82, 2.24) is 5.32 Å². The summed E-state index contributed by atoms with van der Waals surface area (Å²) >= 11 is 0. The largest absolute Gasteiger partial charge is 1.00 e. The first-order valence-electron chi connectivity index (χ1n) is 2.89. The Morgan fingerprint density at radius 2 is 1.11 bits per heavy atom. The molecule has 0 bridgehead atoms. The summed E-state index contributed by atoms with van der Waals surface area (Å²) in [4.78, 5) is 0. The molecule has 0 fully saturated rings. The Morgan fingerprint density at radius 3 is 1.11 bits per heavy atom. The zero-order valence-electron chi connectivity index (χ0n) is 9.65. The van der Waals surface area contributed by atoms with Gasteiger partial charge in [-0.15, -0.1) is 0 Å². The molecule has 0 aromatic heterocycles. The van der Waals surface area contributed by atoms with E-state index < -0.39 is 0 Å². The maximum atomic E-state index is 3.31. The molecule has 9 heavy (non-hydrogen) atoms. The molecule has 0 aromatic carbocycles. The second-order valence-electron chi connectivity index (χ2n) is 2.48. The molecule has 48 valence electrons. The van der Waals surface area contributed by atoms with Crippen LogP contribution in [0.15, 0.2) is 0 Å². The molecule has 0 aromatic rings. The van der Waals surface area contributed by atoms with Crippen LogP contribution in [-0.4, -0.2) is 12.1 Å². The average molecular weight is 117 g/mol. The van der Waals surface area contributed by atoms with Crippen LogP contribution in [0.5, 0.6) is 0 Å². The van der Waals surface area contributed by atoms with Gasteiger partial charge in [0.15, 0.2) is 0 Å². The summed E-state index contributed by atoms with van der Waals surface area (Å²) in [6, 6.07) is 1.25. The molecule has 0 aliphatic carbocycles. The van der Waals surface area contributed by atoms with Gasteiger partial charge in [-0.2, -0.15) is 0 Å². The summed E-state index contributed by atoms with van der Waals surface area (Å²) in [6.07, 6.45) is 0. The third kappa shape index (κ3) is 17.6. The van der Waals surface area contributed by atoms with E-state index in [4.69, 9.17) is 0 Å². The Labute approximate surface area is 85.7 Å². The van der Waals surface area contributed by atoms with Gasteiger partial charge in [-0.05, 0) is 0 Å². The zero-order chi connectivity index (χ0) is 5.86. The number of hydrogen-bond donors (Lipinski definition) is 1. The van der Waals surface area contributed by atoms with Gasteiger partial charge < -0.3 is 8.17 Å². The number of rotatable bonds is 2. The molecule has 0 spiro atoms. The van der Waals surface area contributed by atoms with E-state index >= 15 is 0 Å². The van der Waals surface area contributed by atoms with Gasteiger partial charge in [0.2, 0.25) is 0 Å². The van der Waals surface area contributed by atoms with Gasteiger partial charge in [-0.1, -0.05) is 27.7 Å². The third-order valence-corrected chi connectivity index (χ3v) is 0.667. The van der Waals surface area contributed by atoms with Crippen molar-refractivity contribution in [3.8, 4) is 0 Å². The second kappa shape index (κ2) is 9.15. The summed E-state index contributed by atoms with van der Waals surface area (Å²) in [6.45, 7) is 8.61. The molecular weight excluding hydrogens is 100.0 g/mol. The van der Waals surface area contributed by atoms with Crippen LogP contribution in [0.1, 0.15) is 30.5 Å². The predicted octanol–water partition coefficient (Wildman–Crippen LogP) is -4.37. The molecule has 0 saturated carbocycles. The van der Waals surface area contributed by atoms with Crippen LogP contribution >= 0.6 is 0 Å². The van der Waals surface area contributed by atoms with E-state index in [1.165, 1.54) is 0 Å². The molecule has 0 unspecified atom stereocenters. The van der Waals surface area contributed by atoms with E-state index in [2.05, 4.69) is 33.0 Å². The second-order valence-corrected chi connectivity index (χ2v) is 2.48. The minimum Gasteiger partial charge on any atom is -1.00 e. The van der Waals surface area contributed by atoms with Crippen molar-refractivity contribution in [1.29, 1.82) is 0 Å². The van der Waals surface area contributed by atoms with Crippen LogP contribution in [0, 0.1) is 0 Å². The molecule has 0 rings (SSSR count). The van der Waals surface area contributed by atoms with Gasteiger partial charge >= 0.3 is 37.7 Å². The molecule has 0 aliphatic heterocycles. The molecule has 1 nitrogen and oxygen atoms in total. The standard InChI is InChI=1S/C6H15N.2Li.2H/c1-5(2)7-6(3)4;;;;/h5-7H,1-4H3;;;;/q;2*+1;2*-1. The first-order valence-corrected chi connectivity index (χ1v) is 2.89. The van der Waals surface area contributed by atoms with Gasteiger partial charge in [0.05, 0.1) is 0 Å². The van der Waals surface area contributed by atoms with Crippen LogP contribution in [-0.2, 0) is 0 Å². The van der Waals surface area contributed by atoms with Crippen LogP contribution < -0.4 is 43.0 Å². The summed E-state index contributed by atoms with van der Waals surface area (Å²) < 4.78 is 0. The fraction of sp³-hybridized carbons (Fsp3) is 1.00. The van der Waals surface area contributed by atoms with E-state index in [-0.39, 0.29) is 40.6 Å². The SMILES string of the molecule is CC(C)NC(C)C.[H-].[H-].[Li+].[Li+]. The average Bonchev–Trinajstić information content (AvgIpc) is 1.27. The van der Waals surface area contributed by atoms with Crippen LogP contribution in [0.2, 0.25) is 0 Å². The van der Waals surface area contributed by atoms with Crippen molar-refractivity contribution < 1.29 is 40.6 Å². The van der Waals surface area contributed by atoms with Crippen LogP contribution in [0.4, 0.5) is 0 Å². The van der Waals surface area contributed by atoms with Crippen molar-refractivity contribution >= 4 is 0 Å². The molecule has 0 aliphatic rings. The summed E-state index contributed by atoms with van der Waals surface area (Å²) in [5.74, 6) is 0. The van der Waals surface area contributed by atoms with Crippen molar-refractivity contribution in [2.24, 2.45) is 0 Å². The van der Waals surface area contributed by atoms with Gasteiger partial charge in [0.25, 0.3) is 0 Å². The smallest absolute Gasteiger partial charge is 1.00 e. The van der Waals surface area contributed by atoms with Crippen LogP contribution in [0.25, 0.3) is 0 Å². The van der Waals surface area contributed by atoms with Crippen molar-refractivity contribution in [2.75, 3.05) is 0 Å². The Morgan fingerprint density at radius 1 is 0.889 bits per heavy atom. The van der Waals surface area contributed by atoms with E-state index in [1.54, 1.807) is 0 Å². The Balaban J connectivity index is -0.0000000300. The topological polar surface area (TPSA) is 12.0 Å². The van der Waals surface area contributed by atoms with Gasteiger partial charge in [0.1, 0.15) is 0 Å². The summed E-state index contributed by atoms with van der Waals surface area (Å²) in [5.41, 5.74) is 0. The van der Waals surface area contributed by atoms with Gasteiger partial charge in [-0.3, -0.25) is 0 Å². The Kier molecular flexibility index (Phi) is 16.9. The van der Waals surface area contributed by atoms with Gasteiger partial charge in [-0.25, -0.2) is 0 Å². The van der Waals surface area contributed by atoms with Gasteiger partial charge in [0, 0.05) is 12.1 Å². The number of hydrogen-bond acceptors (Lipinski definition) is 1. The monoisotopic (exact) mass is 117 g/mol. The van der Waals surface area contributed by atoms with Crippen molar-refractivity contribution in [2.45, 2.75) is 39.8 Å². The van der Waals surface area contributed by atoms with Crippen molar-refractivity contribution in [3.63, 3.8) is 0 Å². The predicted molar refractivity (Wildman–Crippen MR) is 35.6 cm³/mol. The fourth-order valence-electron chi connectivity index (χ4n) is 0.667. The Bertz CT molecular complexity index is 47.8. The first kappa shape index (κ1) is 16.6. The molecular formula is C6H17Li2N. The maximum absolute atomic E-state index is 3.31. The third-order valence-electron chi connectivity index (χ3n) is 0.667. The molecule has 0 heterocycles. The molecule has 0 atom stereocenters. The molecule has 0 amide bonds. The van der Waals surface area contributed by atoms with E-state index in [9.17, 15) is 0 Å². The Hall–Kier alpha value is 1.15. The minimum atomic E-state index is 0. The molecule has 1 N–H and O–H groups in total. The molecule has 0 radical (unpaired) electrons. The van der Waals surface area contributed by atoms with Crippen LogP contribution in [0.3, 0.4) is 0 Å². The molecule has 0 saturated heterocycles. The van der Waals surface area contributed by atoms with Crippen molar-refractivity contribution in [3.05, 3.63) is 0 Å².